The number of amides is 1. The Bertz CT molecular complexity index is 1210. The Hall–Kier alpha value is -4.93. The van der Waals surface area contributed by atoms with Crippen molar-refractivity contribution in [2.75, 3.05) is 17.7 Å². The first kappa shape index (κ1) is 32.1. The van der Waals surface area contributed by atoms with Crippen molar-refractivity contribution in [3.8, 4) is 0 Å². The van der Waals surface area contributed by atoms with Crippen molar-refractivity contribution in [2.45, 2.75) is 27.7 Å². The van der Waals surface area contributed by atoms with Gasteiger partial charge in [0.1, 0.15) is 0 Å². The fraction of sp³-hybridized carbons (Fsp3) is 0.192. The van der Waals surface area contributed by atoms with Crippen LogP contribution >= 0.6 is 0 Å². The van der Waals surface area contributed by atoms with Crippen LogP contribution in [0, 0.1) is 10.8 Å². The summed E-state index contributed by atoms with van der Waals surface area (Å²) < 4.78 is 0. The molecule has 11 heteroatoms. The summed E-state index contributed by atoms with van der Waals surface area (Å²) in [6.45, 7) is 7.61. The second kappa shape index (κ2) is 17.5. The minimum Gasteiger partial charge on any atom is -0.388 e. The topological polar surface area (TPSA) is 218 Å². The minimum absolute atomic E-state index is 0.0458. The van der Waals surface area contributed by atoms with Crippen LogP contribution in [0.4, 0.5) is 11.4 Å². The number of nitrogens with zero attached hydrogens (tertiary/aromatic N) is 2. The first-order valence-corrected chi connectivity index (χ1v) is 11.4. The van der Waals surface area contributed by atoms with Gasteiger partial charge in [0.05, 0.1) is 5.71 Å². The summed E-state index contributed by atoms with van der Waals surface area (Å²) in [5, 5.41) is 29.1. The van der Waals surface area contributed by atoms with Gasteiger partial charge in [0.25, 0.3) is 0 Å². The molecule has 0 aromatic heterocycles. The summed E-state index contributed by atoms with van der Waals surface area (Å²) in [6, 6.07) is 19.3. The second-order valence-electron chi connectivity index (χ2n) is 7.09. The van der Waals surface area contributed by atoms with E-state index >= 15 is 0 Å². The summed E-state index contributed by atoms with van der Waals surface area (Å²) in [7, 11) is 1.90. The van der Waals surface area contributed by atoms with E-state index in [1.807, 2.05) is 52.1 Å². The number of hydrogen-bond acceptors (Lipinski definition) is 6. The lowest BCUT2D eigenvalue weighted by Crippen LogP contribution is -2.22. The van der Waals surface area contributed by atoms with Gasteiger partial charge in [-0.2, -0.15) is 5.10 Å². The van der Waals surface area contributed by atoms with Gasteiger partial charge in [-0.15, -0.1) is 5.10 Å². The van der Waals surface area contributed by atoms with Crippen molar-refractivity contribution in [1.29, 1.82) is 10.8 Å². The fourth-order valence-corrected chi connectivity index (χ4v) is 2.90. The van der Waals surface area contributed by atoms with Gasteiger partial charge < -0.3 is 39.0 Å². The van der Waals surface area contributed by atoms with E-state index in [1.165, 1.54) is 0 Å². The van der Waals surface area contributed by atoms with Crippen LogP contribution in [-0.4, -0.2) is 36.8 Å². The Labute approximate surface area is 218 Å². The van der Waals surface area contributed by atoms with Crippen LogP contribution in [-0.2, 0) is 4.79 Å². The molecule has 1 amide bonds. The molecule has 0 fully saturated rings. The number of nitrogens with two attached hydrogens (primary N) is 4. The third-order valence-corrected chi connectivity index (χ3v) is 4.44. The van der Waals surface area contributed by atoms with Crippen molar-refractivity contribution in [3.63, 3.8) is 0 Å². The molecule has 0 radical (unpaired) electrons. The Morgan fingerprint density at radius 3 is 1.84 bits per heavy atom. The maximum atomic E-state index is 10.0. The van der Waals surface area contributed by atoms with Gasteiger partial charge in [0.15, 0.2) is 5.96 Å². The van der Waals surface area contributed by atoms with Crippen molar-refractivity contribution in [1.82, 2.24) is 0 Å². The van der Waals surface area contributed by atoms with Crippen LogP contribution in [0.25, 0.3) is 10.8 Å². The van der Waals surface area contributed by atoms with E-state index in [2.05, 4.69) is 44.4 Å². The molecule has 0 bridgehead atoms. The molecule has 3 aromatic carbocycles. The zero-order valence-electron chi connectivity index (χ0n) is 22.0. The zero-order chi connectivity index (χ0) is 28.4. The number of anilines is 2. The van der Waals surface area contributed by atoms with Gasteiger partial charge in [-0.1, -0.05) is 56.3 Å². The molecule has 0 aliphatic carbocycles. The van der Waals surface area contributed by atoms with Gasteiger partial charge >= 0.3 is 0 Å². The monoisotopic (exact) mass is 506 g/mol. The number of hydrogen-bond donors (Lipinski definition) is 8. The summed E-state index contributed by atoms with van der Waals surface area (Å²) in [4.78, 5) is 10.0. The maximum absolute atomic E-state index is 10.0. The van der Waals surface area contributed by atoms with Crippen LogP contribution in [0.3, 0.4) is 0 Å². The summed E-state index contributed by atoms with van der Waals surface area (Å²) in [5.41, 5.74) is 24.5. The van der Waals surface area contributed by atoms with Crippen LogP contribution < -0.4 is 33.6 Å². The predicted octanol–water partition coefficient (Wildman–Crippen LogP) is 3.39. The van der Waals surface area contributed by atoms with Crippen LogP contribution in [0.15, 0.2) is 70.9 Å². The molecule has 198 valence electrons. The first-order valence-electron chi connectivity index (χ1n) is 11.4. The first-order chi connectivity index (χ1) is 17.6. The van der Waals surface area contributed by atoms with Gasteiger partial charge in [-0.3, -0.25) is 10.2 Å². The number of guanidine groups is 2. The van der Waals surface area contributed by atoms with E-state index in [4.69, 9.17) is 22.3 Å². The molecule has 0 saturated heterocycles. The lowest BCUT2D eigenvalue weighted by Gasteiger charge is -2.10. The number of carbonyl (C=O) groups is 1. The smallest absolute Gasteiger partial charge is 0.211 e. The molecule has 0 aliphatic heterocycles. The van der Waals surface area contributed by atoms with Gasteiger partial charge in [-0.25, -0.2) is 0 Å². The minimum atomic E-state index is -0.333. The lowest BCUT2D eigenvalue weighted by atomic mass is 10.00. The Morgan fingerprint density at radius 1 is 0.838 bits per heavy atom. The molecule has 0 atom stereocenters. The van der Waals surface area contributed by atoms with Gasteiger partial charge in [0.2, 0.25) is 12.4 Å². The van der Waals surface area contributed by atoms with Crippen LogP contribution in [0.1, 0.15) is 38.8 Å². The molecule has 37 heavy (non-hydrogen) atoms. The Morgan fingerprint density at radius 2 is 1.38 bits per heavy atom. The van der Waals surface area contributed by atoms with Gasteiger partial charge in [0, 0.05) is 35.1 Å². The third kappa shape index (κ3) is 11.9. The Balaban J connectivity index is 0.000000616. The van der Waals surface area contributed by atoms with Crippen molar-refractivity contribution < 1.29 is 4.79 Å². The largest absolute Gasteiger partial charge is 0.388 e. The second-order valence-corrected chi connectivity index (χ2v) is 7.09. The van der Waals surface area contributed by atoms with Crippen LogP contribution in [0.5, 0.6) is 0 Å². The Kier molecular flexibility index (Phi) is 15.2. The molecule has 0 spiro atoms. The highest BCUT2D eigenvalue weighted by Gasteiger charge is 2.07. The molecule has 0 unspecified atom stereocenters. The molecule has 11 nitrogen and oxygen atoms in total. The van der Waals surface area contributed by atoms with E-state index in [9.17, 15) is 4.79 Å². The number of carbonyl (C=O) groups excluding carboxylic acids is 1. The summed E-state index contributed by atoms with van der Waals surface area (Å²) in [6.07, 6.45) is 0.631. The van der Waals surface area contributed by atoms with Gasteiger partial charge in [-0.05, 0) is 43.0 Å². The highest BCUT2D eigenvalue weighted by Crippen LogP contribution is 2.26. The van der Waals surface area contributed by atoms with E-state index in [0.717, 1.165) is 39.0 Å². The van der Waals surface area contributed by atoms with Crippen molar-refractivity contribution in [3.05, 3.63) is 71.8 Å². The van der Waals surface area contributed by atoms with Crippen molar-refractivity contribution in [2.24, 2.45) is 33.1 Å². The number of rotatable bonds is 6. The highest BCUT2D eigenvalue weighted by atomic mass is 16.1. The molecular weight excluding hydrogens is 468 g/mol. The quantitative estimate of drug-likeness (QED) is 0.108. The molecule has 0 heterocycles. The summed E-state index contributed by atoms with van der Waals surface area (Å²) >= 11 is 0. The molecule has 12 N–H and O–H groups in total. The van der Waals surface area contributed by atoms with E-state index < -0.39 is 0 Å². The highest BCUT2D eigenvalue weighted by molar-refractivity contribution is 6.12. The molecular formula is C26H38N10O. The number of nitrogens with one attached hydrogen (secondary N) is 4. The average Bonchev–Trinajstić information content (AvgIpc) is 2.88. The number of benzene rings is 3. The van der Waals surface area contributed by atoms with Crippen LogP contribution in [0.2, 0.25) is 0 Å². The SMILES string of the molecule is CC.CC(=N)c1ccc(NC=O)cc1.CNc1ccc(/C(C)=N\N=C(N)N)c2ccccc12.N=C(N)N. The van der Waals surface area contributed by atoms with Crippen molar-refractivity contribution >= 4 is 51.9 Å². The predicted molar refractivity (Wildman–Crippen MR) is 158 cm³/mol. The molecule has 0 saturated carbocycles. The standard InChI is InChI=1S/C14H17N5.C9H10N2O.C2H6.CH5N3/c1-9(18-19-14(15)16)10-7-8-13(17-2)12-6-4-3-5-11(10)12;1-7(10)8-2-4-9(5-3-8)11-6-12;1-2;2-1(3)4/h3-8,17H,1-2H3,(H4,15,16,19);2-6,10H,1H3,(H,11,12);1-2H3;(H5,2,3,4)/b18-9-;;;. The zero-order valence-corrected chi connectivity index (χ0v) is 22.0. The lowest BCUT2D eigenvalue weighted by molar-refractivity contribution is -0.105. The molecule has 0 aliphatic rings. The van der Waals surface area contributed by atoms with E-state index in [0.29, 0.717) is 12.1 Å². The molecule has 3 aromatic rings. The third-order valence-electron chi connectivity index (χ3n) is 4.44. The normalized spacial score (nSPS) is 9.59. The number of fused-ring (bicyclic) bond motifs is 1. The fourth-order valence-electron chi connectivity index (χ4n) is 2.90. The van der Waals surface area contributed by atoms with E-state index in [1.54, 1.807) is 31.2 Å². The van der Waals surface area contributed by atoms with E-state index in [-0.39, 0.29) is 11.9 Å². The maximum Gasteiger partial charge on any atom is 0.211 e. The summed E-state index contributed by atoms with van der Waals surface area (Å²) in [5.74, 6) is -0.379. The average molecular weight is 507 g/mol. The molecule has 3 rings (SSSR count).